The van der Waals surface area contributed by atoms with Gasteiger partial charge in [0, 0.05) is 16.9 Å². The summed E-state index contributed by atoms with van der Waals surface area (Å²) in [5, 5.41) is 4.99. The van der Waals surface area contributed by atoms with Crippen LogP contribution in [0.2, 0.25) is 0 Å². The van der Waals surface area contributed by atoms with E-state index in [4.69, 9.17) is 0 Å². The first-order valence-electron chi connectivity index (χ1n) is 19.6. The molecule has 0 saturated heterocycles. The molecule has 0 saturated carbocycles. The fourth-order valence-corrected chi connectivity index (χ4v) is 8.21. The van der Waals surface area contributed by atoms with E-state index in [0.29, 0.717) is 0 Å². The van der Waals surface area contributed by atoms with Gasteiger partial charge in [-0.1, -0.05) is 194 Å². The monoisotopic (exact) mass is 725 g/mol. The molecule has 0 amide bonds. The second kappa shape index (κ2) is 15.0. The zero-order valence-electron chi connectivity index (χ0n) is 31.5. The molecule has 0 radical (unpaired) electrons. The minimum absolute atomic E-state index is 1.09. The van der Waals surface area contributed by atoms with Crippen LogP contribution in [0.1, 0.15) is 0 Å². The molecule has 1 heteroatoms. The van der Waals surface area contributed by atoms with Crippen LogP contribution in [-0.4, -0.2) is 0 Å². The lowest BCUT2D eigenvalue weighted by Crippen LogP contribution is -2.11. The van der Waals surface area contributed by atoms with E-state index >= 15 is 0 Å². The number of hydrogen-bond acceptors (Lipinski definition) is 1. The zero-order valence-corrected chi connectivity index (χ0v) is 31.5. The molecular formula is C56H39N. The average Bonchev–Trinajstić information content (AvgIpc) is 3.30. The smallest absolute Gasteiger partial charge is 0.0540 e. The predicted molar refractivity (Wildman–Crippen MR) is 243 cm³/mol. The van der Waals surface area contributed by atoms with Crippen molar-refractivity contribution in [3.8, 4) is 55.6 Å². The van der Waals surface area contributed by atoms with Crippen molar-refractivity contribution < 1.29 is 0 Å². The molecule has 0 aliphatic carbocycles. The third-order valence-electron chi connectivity index (χ3n) is 11.1. The van der Waals surface area contributed by atoms with Gasteiger partial charge in [0.05, 0.1) is 5.69 Å². The molecule has 0 fully saturated rings. The topological polar surface area (TPSA) is 3.24 Å². The third kappa shape index (κ3) is 6.66. The van der Waals surface area contributed by atoms with Crippen LogP contribution in [0, 0.1) is 0 Å². The molecule has 10 rings (SSSR count). The highest BCUT2D eigenvalue weighted by Gasteiger charge is 2.20. The maximum atomic E-state index is 2.41. The first-order chi connectivity index (χ1) is 28.3. The van der Waals surface area contributed by atoms with Gasteiger partial charge in [-0.2, -0.15) is 0 Å². The van der Waals surface area contributed by atoms with Crippen LogP contribution in [0.25, 0.3) is 77.2 Å². The summed E-state index contributed by atoms with van der Waals surface area (Å²) in [6.45, 7) is 0. The van der Waals surface area contributed by atoms with Gasteiger partial charge >= 0.3 is 0 Å². The second-order valence-electron chi connectivity index (χ2n) is 14.5. The lowest BCUT2D eigenvalue weighted by atomic mass is 9.88. The molecule has 268 valence electrons. The summed E-state index contributed by atoms with van der Waals surface area (Å²) >= 11 is 0. The Bertz CT molecular complexity index is 2870. The maximum Gasteiger partial charge on any atom is 0.0540 e. The van der Waals surface area contributed by atoms with Gasteiger partial charge in [0.15, 0.2) is 0 Å². The summed E-state index contributed by atoms with van der Waals surface area (Å²) in [6.07, 6.45) is 0. The number of anilines is 3. The van der Waals surface area contributed by atoms with E-state index in [0.717, 1.165) is 22.6 Å². The molecule has 0 aromatic heterocycles. The van der Waals surface area contributed by atoms with Gasteiger partial charge < -0.3 is 4.90 Å². The number of rotatable bonds is 8. The highest BCUT2D eigenvalue weighted by atomic mass is 15.1. The van der Waals surface area contributed by atoms with Crippen LogP contribution >= 0.6 is 0 Å². The van der Waals surface area contributed by atoms with Crippen molar-refractivity contribution in [2.75, 3.05) is 4.90 Å². The molecule has 0 atom stereocenters. The van der Waals surface area contributed by atoms with E-state index in [1.165, 1.54) is 71.6 Å². The molecule has 0 heterocycles. The Morgan fingerprint density at radius 1 is 0.211 bits per heavy atom. The molecule has 0 aliphatic rings. The van der Waals surface area contributed by atoms with Crippen molar-refractivity contribution in [1.82, 2.24) is 0 Å². The van der Waals surface area contributed by atoms with Gasteiger partial charge in [0.25, 0.3) is 0 Å². The Hall–Kier alpha value is -7.48. The molecule has 0 bridgehead atoms. The normalized spacial score (nSPS) is 11.2. The van der Waals surface area contributed by atoms with Crippen LogP contribution in [0.15, 0.2) is 237 Å². The van der Waals surface area contributed by atoms with E-state index < -0.39 is 0 Å². The van der Waals surface area contributed by atoms with Crippen molar-refractivity contribution in [2.24, 2.45) is 0 Å². The number of nitrogens with zero attached hydrogens (tertiary/aromatic N) is 1. The van der Waals surface area contributed by atoms with Crippen LogP contribution < -0.4 is 4.90 Å². The van der Waals surface area contributed by atoms with Gasteiger partial charge in [-0.15, -0.1) is 0 Å². The van der Waals surface area contributed by atoms with E-state index in [9.17, 15) is 0 Å². The molecule has 0 aliphatic heterocycles. The summed E-state index contributed by atoms with van der Waals surface area (Å²) in [5.74, 6) is 0. The van der Waals surface area contributed by atoms with Crippen LogP contribution in [0.3, 0.4) is 0 Å². The average molecular weight is 726 g/mol. The van der Waals surface area contributed by atoms with Gasteiger partial charge in [-0.25, -0.2) is 0 Å². The Labute approximate surface area is 334 Å². The van der Waals surface area contributed by atoms with Crippen molar-refractivity contribution in [3.05, 3.63) is 237 Å². The lowest BCUT2D eigenvalue weighted by molar-refractivity contribution is 1.28. The highest BCUT2D eigenvalue weighted by molar-refractivity contribution is 5.97. The summed E-state index contributed by atoms with van der Waals surface area (Å²) in [7, 11) is 0. The Morgan fingerprint density at radius 3 is 1.11 bits per heavy atom. The lowest BCUT2D eigenvalue weighted by Gasteiger charge is -2.29. The number of para-hydroxylation sites is 1. The van der Waals surface area contributed by atoms with Crippen molar-refractivity contribution in [3.63, 3.8) is 0 Å². The molecule has 57 heavy (non-hydrogen) atoms. The quantitative estimate of drug-likeness (QED) is 0.151. The first kappa shape index (κ1) is 34.0. The van der Waals surface area contributed by atoms with Crippen LogP contribution in [0.5, 0.6) is 0 Å². The van der Waals surface area contributed by atoms with Crippen molar-refractivity contribution >= 4 is 38.6 Å². The van der Waals surface area contributed by atoms with E-state index in [2.05, 4.69) is 241 Å². The van der Waals surface area contributed by atoms with Crippen LogP contribution in [0.4, 0.5) is 17.1 Å². The highest BCUT2D eigenvalue weighted by Crippen LogP contribution is 2.45. The Kier molecular flexibility index (Phi) is 8.95. The second-order valence-corrected chi connectivity index (χ2v) is 14.5. The zero-order chi connectivity index (χ0) is 38.0. The van der Waals surface area contributed by atoms with Crippen LogP contribution in [-0.2, 0) is 0 Å². The predicted octanol–water partition coefficient (Wildman–Crippen LogP) is 15.8. The molecular weight excluding hydrogens is 687 g/mol. The number of hydrogen-bond donors (Lipinski definition) is 0. The van der Waals surface area contributed by atoms with Crippen molar-refractivity contribution in [2.45, 2.75) is 0 Å². The molecule has 1 nitrogen and oxygen atoms in total. The van der Waals surface area contributed by atoms with E-state index in [1.807, 2.05) is 0 Å². The maximum absolute atomic E-state index is 2.41. The van der Waals surface area contributed by atoms with Gasteiger partial charge in [-0.3, -0.25) is 0 Å². The van der Waals surface area contributed by atoms with E-state index in [1.54, 1.807) is 0 Å². The molecule has 0 unspecified atom stereocenters. The first-order valence-corrected chi connectivity index (χ1v) is 19.6. The molecule has 0 N–H and O–H groups in total. The molecule has 10 aromatic rings. The summed E-state index contributed by atoms with van der Waals surface area (Å²) in [4.78, 5) is 2.41. The third-order valence-corrected chi connectivity index (χ3v) is 11.1. The van der Waals surface area contributed by atoms with E-state index in [-0.39, 0.29) is 0 Å². The number of benzene rings is 10. The summed E-state index contributed by atoms with van der Waals surface area (Å²) in [5.41, 5.74) is 15.2. The minimum atomic E-state index is 1.09. The number of fused-ring (bicyclic) bond motifs is 2. The summed E-state index contributed by atoms with van der Waals surface area (Å²) < 4.78 is 0. The van der Waals surface area contributed by atoms with Gasteiger partial charge in [-0.05, 0) is 114 Å². The molecule has 10 aromatic carbocycles. The largest absolute Gasteiger partial charge is 0.310 e. The SMILES string of the molecule is c1ccc(-c2ccccc2-c2ccccc2-c2ccccc2N(c2ccc(-c3ccc4ccccc4c3)cc2)c2ccc(-c3ccc4ccccc4c3)cc2)cc1. The fourth-order valence-electron chi connectivity index (χ4n) is 8.21. The van der Waals surface area contributed by atoms with Crippen molar-refractivity contribution in [1.29, 1.82) is 0 Å². The summed E-state index contributed by atoms with van der Waals surface area (Å²) in [6, 6.07) is 85.7. The van der Waals surface area contributed by atoms with Gasteiger partial charge in [0.1, 0.15) is 0 Å². The van der Waals surface area contributed by atoms with Gasteiger partial charge in [0.2, 0.25) is 0 Å². The minimum Gasteiger partial charge on any atom is -0.310 e. The molecule has 0 spiro atoms. The fraction of sp³-hybridized carbons (Fsp3) is 0. The Morgan fingerprint density at radius 2 is 0.579 bits per heavy atom. The Balaban J connectivity index is 1.11. The standard InChI is InChI=1S/C56H39N/c1-2-16-44(17-3-1)51-20-8-9-21-52(51)53-22-10-11-23-54(53)55-24-12-13-25-56(55)57(49-34-30-42(31-35-49)47-28-26-40-14-4-6-18-45(40)38-47)50-36-32-43(33-37-50)48-29-27-41-15-5-7-19-46(41)39-48/h1-39H.